The summed E-state index contributed by atoms with van der Waals surface area (Å²) < 4.78 is 0.976. The van der Waals surface area contributed by atoms with Crippen LogP contribution in [0.4, 0.5) is 17.1 Å². The van der Waals surface area contributed by atoms with Gasteiger partial charge in [0.1, 0.15) is 0 Å². The Labute approximate surface area is 212 Å². The summed E-state index contributed by atoms with van der Waals surface area (Å²) in [4.78, 5) is 14.6. The average Bonchev–Trinajstić information content (AvgIpc) is 2.75. The lowest BCUT2D eigenvalue weighted by atomic mass is 9.98. The Balaban J connectivity index is 1.77. The van der Waals surface area contributed by atoms with Crippen LogP contribution in [0.25, 0.3) is 11.1 Å². The third kappa shape index (κ3) is 5.14. The van der Waals surface area contributed by atoms with Crippen molar-refractivity contribution in [3.63, 3.8) is 0 Å². The highest BCUT2D eigenvalue weighted by molar-refractivity contribution is 9.10. The fraction of sp³-hybridized carbons (Fsp3) is 0.240. The minimum Gasteiger partial charge on any atom is -0.368 e. The van der Waals surface area contributed by atoms with E-state index in [1.54, 1.807) is 24.3 Å². The summed E-state index contributed by atoms with van der Waals surface area (Å²) in [5, 5.41) is 7.71. The molecule has 0 spiro atoms. The van der Waals surface area contributed by atoms with Gasteiger partial charge in [0.15, 0.2) is 0 Å². The summed E-state index contributed by atoms with van der Waals surface area (Å²) in [6.45, 7) is 7.16. The molecule has 1 aliphatic heterocycles. The smallest absolute Gasteiger partial charge is 0.250 e. The molecule has 5 nitrogen and oxygen atoms in total. The Kier molecular flexibility index (Phi) is 6.91. The van der Waals surface area contributed by atoms with Crippen LogP contribution < -0.4 is 21.3 Å². The van der Waals surface area contributed by atoms with Crippen LogP contribution in [0.15, 0.2) is 59.1 Å². The number of primary amides is 1. The van der Waals surface area contributed by atoms with Gasteiger partial charge in [0, 0.05) is 35.2 Å². The zero-order valence-corrected chi connectivity index (χ0v) is 21.5. The fourth-order valence-electron chi connectivity index (χ4n) is 4.15. The predicted molar refractivity (Wildman–Crippen MR) is 142 cm³/mol. The van der Waals surface area contributed by atoms with Crippen molar-refractivity contribution < 1.29 is 4.79 Å². The maximum atomic E-state index is 12.2. The number of nitrogens with one attached hydrogen (secondary N) is 2. The minimum atomic E-state index is -0.541. The lowest BCUT2D eigenvalue weighted by Crippen LogP contribution is -2.57. The van der Waals surface area contributed by atoms with Crippen LogP contribution in [0.5, 0.6) is 0 Å². The fourth-order valence-corrected chi connectivity index (χ4v) is 5.27. The monoisotopic (exact) mass is 546 g/mol. The Bertz CT molecular complexity index is 1190. The molecule has 1 fully saturated rings. The van der Waals surface area contributed by atoms with Crippen molar-refractivity contribution in [2.75, 3.05) is 29.9 Å². The standard InChI is InChI=1S/C25H25BrCl2N4O/c1-25(2)14-32(12-11-30-25)21-10-9-15(13-18(21)26)16-5-3-6-17(24(29)33)22(16)31-23-19(27)7-4-8-20(23)28/h3-10,13,30-31H,11-12,14H2,1-2H3,(H2,29,33). The molecule has 1 heterocycles. The van der Waals surface area contributed by atoms with Crippen molar-refractivity contribution in [3.8, 4) is 11.1 Å². The highest BCUT2D eigenvalue weighted by atomic mass is 79.9. The van der Waals surface area contributed by atoms with E-state index in [9.17, 15) is 4.79 Å². The maximum Gasteiger partial charge on any atom is 0.250 e. The SMILES string of the molecule is CC1(C)CN(c2ccc(-c3cccc(C(N)=O)c3Nc3c(Cl)cccc3Cl)cc2Br)CCN1. The second-order valence-corrected chi connectivity index (χ2v) is 10.4. The summed E-state index contributed by atoms with van der Waals surface area (Å²) in [5.41, 5.74) is 10.0. The number of amides is 1. The number of anilines is 3. The van der Waals surface area contributed by atoms with Gasteiger partial charge in [-0.1, -0.05) is 47.5 Å². The van der Waals surface area contributed by atoms with E-state index in [2.05, 4.69) is 63.5 Å². The van der Waals surface area contributed by atoms with Gasteiger partial charge in [0.2, 0.25) is 0 Å². The Morgan fingerprint density at radius 1 is 1.09 bits per heavy atom. The van der Waals surface area contributed by atoms with Gasteiger partial charge in [0.05, 0.1) is 32.7 Å². The van der Waals surface area contributed by atoms with E-state index >= 15 is 0 Å². The molecular weight excluding hydrogens is 523 g/mol. The molecule has 3 aromatic carbocycles. The molecule has 4 N–H and O–H groups in total. The molecule has 1 aliphatic rings. The van der Waals surface area contributed by atoms with Crippen LogP contribution in [0, 0.1) is 0 Å². The summed E-state index contributed by atoms with van der Waals surface area (Å²) in [6, 6.07) is 16.9. The number of para-hydroxylation sites is 2. The number of nitrogens with two attached hydrogens (primary N) is 1. The van der Waals surface area contributed by atoms with Crippen LogP contribution in [-0.2, 0) is 0 Å². The quantitative estimate of drug-likeness (QED) is 0.343. The molecule has 172 valence electrons. The molecule has 0 atom stereocenters. The highest BCUT2D eigenvalue weighted by Gasteiger charge is 2.27. The predicted octanol–water partition coefficient (Wildman–Crippen LogP) is 6.45. The summed E-state index contributed by atoms with van der Waals surface area (Å²) in [6.07, 6.45) is 0. The number of carbonyl (C=O) groups is 1. The summed E-state index contributed by atoms with van der Waals surface area (Å²) >= 11 is 16.5. The van der Waals surface area contributed by atoms with Crippen LogP contribution in [0.1, 0.15) is 24.2 Å². The van der Waals surface area contributed by atoms with Gasteiger partial charge in [-0.15, -0.1) is 0 Å². The molecule has 8 heteroatoms. The zero-order valence-electron chi connectivity index (χ0n) is 18.4. The molecule has 0 radical (unpaired) electrons. The van der Waals surface area contributed by atoms with Crippen molar-refractivity contribution in [1.82, 2.24) is 5.32 Å². The van der Waals surface area contributed by atoms with E-state index in [4.69, 9.17) is 28.9 Å². The number of nitrogens with zero attached hydrogens (tertiary/aromatic N) is 1. The van der Waals surface area contributed by atoms with Crippen LogP contribution in [0.3, 0.4) is 0 Å². The lowest BCUT2D eigenvalue weighted by Gasteiger charge is -2.40. The third-order valence-electron chi connectivity index (χ3n) is 5.71. The van der Waals surface area contributed by atoms with Crippen LogP contribution in [-0.4, -0.2) is 31.1 Å². The van der Waals surface area contributed by atoms with Gasteiger partial charge < -0.3 is 21.3 Å². The van der Waals surface area contributed by atoms with Gasteiger partial charge in [-0.3, -0.25) is 4.79 Å². The van der Waals surface area contributed by atoms with Gasteiger partial charge in [-0.05, 0) is 65.7 Å². The summed E-state index contributed by atoms with van der Waals surface area (Å²) in [5.74, 6) is -0.541. The molecule has 0 aromatic heterocycles. The molecule has 4 rings (SSSR count). The average molecular weight is 548 g/mol. The molecule has 0 unspecified atom stereocenters. The molecular formula is C25H25BrCl2N4O. The van der Waals surface area contributed by atoms with Crippen LogP contribution >= 0.6 is 39.1 Å². The third-order valence-corrected chi connectivity index (χ3v) is 6.98. The van der Waals surface area contributed by atoms with E-state index in [-0.39, 0.29) is 5.54 Å². The van der Waals surface area contributed by atoms with E-state index in [0.717, 1.165) is 40.9 Å². The van der Waals surface area contributed by atoms with Gasteiger partial charge in [-0.25, -0.2) is 0 Å². The number of halogens is 3. The first-order chi connectivity index (χ1) is 15.7. The number of rotatable bonds is 5. The van der Waals surface area contributed by atoms with Crippen molar-refractivity contribution in [2.45, 2.75) is 19.4 Å². The Morgan fingerprint density at radius 2 is 1.79 bits per heavy atom. The zero-order chi connectivity index (χ0) is 23.8. The molecule has 0 saturated carbocycles. The first-order valence-corrected chi connectivity index (χ1v) is 12.1. The minimum absolute atomic E-state index is 0.0392. The number of piperazine rings is 1. The lowest BCUT2D eigenvalue weighted by molar-refractivity contribution is 0.100. The number of carbonyl (C=O) groups excluding carboxylic acids is 1. The molecule has 0 aliphatic carbocycles. The normalized spacial score (nSPS) is 15.4. The van der Waals surface area contributed by atoms with E-state index in [0.29, 0.717) is 27.0 Å². The molecule has 1 amide bonds. The number of benzene rings is 3. The van der Waals surface area contributed by atoms with Crippen molar-refractivity contribution in [3.05, 3.63) is 74.7 Å². The van der Waals surface area contributed by atoms with E-state index in [1.807, 2.05) is 12.1 Å². The highest BCUT2D eigenvalue weighted by Crippen LogP contribution is 2.40. The molecule has 1 saturated heterocycles. The van der Waals surface area contributed by atoms with Gasteiger partial charge in [0.25, 0.3) is 5.91 Å². The van der Waals surface area contributed by atoms with Crippen LogP contribution in [0.2, 0.25) is 10.0 Å². The second kappa shape index (κ2) is 9.55. The Hall–Kier alpha value is -2.25. The molecule has 3 aromatic rings. The summed E-state index contributed by atoms with van der Waals surface area (Å²) in [7, 11) is 0. The van der Waals surface area contributed by atoms with Crippen molar-refractivity contribution in [2.24, 2.45) is 5.73 Å². The van der Waals surface area contributed by atoms with E-state index in [1.165, 1.54) is 0 Å². The number of hydrogen-bond donors (Lipinski definition) is 3. The molecule has 0 bridgehead atoms. The Morgan fingerprint density at radius 3 is 2.42 bits per heavy atom. The first-order valence-electron chi connectivity index (χ1n) is 10.6. The first kappa shape index (κ1) is 23.9. The second-order valence-electron chi connectivity index (χ2n) is 8.71. The molecule has 33 heavy (non-hydrogen) atoms. The number of hydrogen-bond acceptors (Lipinski definition) is 4. The van der Waals surface area contributed by atoms with E-state index < -0.39 is 5.91 Å². The largest absolute Gasteiger partial charge is 0.368 e. The van der Waals surface area contributed by atoms with Crippen molar-refractivity contribution in [1.29, 1.82) is 0 Å². The maximum absolute atomic E-state index is 12.2. The van der Waals surface area contributed by atoms with Gasteiger partial charge >= 0.3 is 0 Å². The topological polar surface area (TPSA) is 70.4 Å². The van der Waals surface area contributed by atoms with Gasteiger partial charge in [-0.2, -0.15) is 0 Å². The van der Waals surface area contributed by atoms with Crippen molar-refractivity contribution >= 4 is 62.1 Å².